The lowest BCUT2D eigenvalue weighted by Crippen LogP contribution is -2.42. The third-order valence-electron chi connectivity index (χ3n) is 5.79. The minimum Gasteiger partial charge on any atom is -0.299 e. The molecular weight excluding hydrogens is 160 g/mol. The van der Waals surface area contributed by atoms with Gasteiger partial charge in [-0.1, -0.05) is 13.8 Å². The molecule has 3 aliphatic rings. The second-order valence-corrected chi connectivity index (χ2v) is 5.75. The smallest absolute Gasteiger partial charge is 0.139 e. The molecule has 0 aromatic rings. The molecule has 0 aromatic carbocycles. The molecule has 0 radical (unpaired) electrons. The van der Waals surface area contributed by atoms with E-state index in [0.29, 0.717) is 11.2 Å². The Kier molecular flexibility index (Phi) is 1.24. The lowest BCUT2D eigenvalue weighted by Gasteiger charge is -2.43. The van der Waals surface area contributed by atoms with Gasteiger partial charge in [0.15, 0.2) is 0 Å². The Balaban J connectivity index is 2.14. The second kappa shape index (κ2) is 2.02. The van der Waals surface area contributed by atoms with Gasteiger partial charge in [0.25, 0.3) is 0 Å². The second-order valence-electron chi connectivity index (χ2n) is 5.75. The van der Waals surface area contributed by atoms with E-state index >= 15 is 0 Å². The van der Waals surface area contributed by atoms with Gasteiger partial charge in [-0.05, 0) is 42.9 Å². The van der Waals surface area contributed by atoms with Crippen LogP contribution in [0.1, 0.15) is 46.0 Å². The molecule has 4 atom stereocenters. The van der Waals surface area contributed by atoms with Crippen LogP contribution in [0.4, 0.5) is 0 Å². The van der Waals surface area contributed by atoms with Gasteiger partial charge >= 0.3 is 0 Å². The Labute approximate surface area is 79.9 Å². The summed E-state index contributed by atoms with van der Waals surface area (Å²) in [5.41, 5.74) is 0.461. The predicted molar refractivity (Wildman–Crippen MR) is 51.3 cm³/mol. The number of ketones is 1. The molecule has 0 saturated heterocycles. The molecule has 0 N–H and O–H groups in total. The van der Waals surface area contributed by atoms with Crippen LogP contribution in [-0.2, 0) is 4.79 Å². The highest BCUT2D eigenvalue weighted by molar-refractivity contribution is 5.89. The van der Waals surface area contributed by atoms with Crippen LogP contribution in [0, 0.1) is 22.7 Å². The molecule has 0 aliphatic heterocycles. The lowest BCUT2D eigenvalue weighted by molar-refractivity contribution is -0.131. The van der Waals surface area contributed by atoms with Crippen LogP contribution in [-0.4, -0.2) is 5.78 Å². The van der Waals surface area contributed by atoms with Crippen molar-refractivity contribution in [2.75, 3.05) is 0 Å². The maximum absolute atomic E-state index is 12.0. The average Bonchev–Trinajstić information content (AvgIpc) is 2.70. The van der Waals surface area contributed by atoms with E-state index in [2.05, 4.69) is 13.8 Å². The summed E-state index contributed by atoms with van der Waals surface area (Å²) >= 11 is 0. The monoisotopic (exact) mass is 178 g/mol. The summed E-state index contributed by atoms with van der Waals surface area (Å²) in [6, 6.07) is 0. The first-order chi connectivity index (χ1) is 6.09. The van der Waals surface area contributed by atoms with Crippen molar-refractivity contribution in [2.45, 2.75) is 46.0 Å². The first-order valence-corrected chi connectivity index (χ1v) is 5.62. The third-order valence-corrected chi connectivity index (χ3v) is 5.79. The zero-order chi connectivity index (χ0) is 9.27. The zero-order valence-electron chi connectivity index (χ0n) is 8.60. The Bertz CT molecular complexity index is 283. The van der Waals surface area contributed by atoms with Gasteiger partial charge in [0.05, 0.1) is 0 Å². The Morgan fingerprint density at radius 3 is 2.62 bits per heavy atom. The molecule has 0 spiro atoms. The zero-order valence-corrected chi connectivity index (χ0v) is 8.60. The van der Waals surface area contributed by atoms with Crippen LogP contribution in [0.5, 0.6) is 0 Å². The van der Waals surface area contributed by atoms with Gasteiger partial charge in [-0.15, -0.1) is 0 Å². The van der Waals surface area contributed by atoms with Gasteiger partial charge in [-0.2, -0.15) is 0 Å². The van der Waals surface area contributed by atoms with Crippen molar-refractivity contribution in [3.8, 4) is 0 Å². The summed E-state index contributed by atoms with van der Waals surface area (Å²) in [4.78, 5) is 12.0. The summed E-state index contributed by atoms with van der Waals surface area (Å²) in [7, 11) is 0. The molecule has 2 unspecified atom stereocenters. The highest BCUT2D eigenvalue weighted by Gasteiger charge is 2.67. The van der Waals surface area contributed by atoms with Crippen LogP contribution in [0.25, 0.3) is 0 Å². The Hall–Kier alpha value is -0.330. The number of carbonyl (C=O) groups excluding carboxylic acids is 1. The summed E-state index contributed by atoms with van der Waals surface area (Å²) in [5, 5.41) is 0. The Morgan fingerprint density at radius 1 is 1.23 bits per heavy atom. The van der Waals surface area contributed by atoms with Crippen molar-refractivity contribution < 1.29 is 4.79 Å². The van der Waals surface area contributed by atoms with Gasteiger partial charge in [0.1, 0.15) is 5.78 Å². The van der Waals surface area contributed by atoms with Crippen molar-refractivity contribution in [3.05, 3.63) is 0 Å². The van der Waals surface area contributed by atoms with E-state index in [4.69, 9.17) is 0 Å². The first kappa shape index (κ1) is 8.02. The normalized spacial score (nSPS) is 58.8. The fourth-order valence-electron chi connectivity index (χ4n) is 4.62. The van der Waals surface area contributed by atoms with E-state index in [1.54, 1.807) is 0 Å². The molecule has 1 nitrogen and oxygen atoms in total. The van der Waals surface area contributed by atoms with Crippen LogP contribution in [0.3, 0.4) is 0 Å². The summed E-state index contributed by atoms with van der Waals surface area (Å²) in [5.74, 6) is 2.17. The fraction of sp³-hybridized carbons (Fsp3) is 0.917. The largest absolute Gasteiger partial charge is 0.299 e. The van der Waals surface area contributed by atoms with E-state index < -0.39 is 0 Å². The van der Waals surface area contributed by atoms with Gasteiger partial charge in [-0.25, -0.2) is 0 Å². The minimum atomic E-state index is 0.0793. The topological polar surface area (TPSA) is 17.1 Å². The number of Topliss-reactive ketones (excluding diaryl/α,β-unsaturated/α-hetero) is 1. The summed E-state index contributed by atoms with van der Waals surface area (Å²) < 4.78 is 0. The van der Waals surface area contributed by atoms with E-state index in [9.17, 15) is 4.79 Å². The highest BCUT2D eigenvalue weighted by atomic mass is 16.1. The molecule has 2 bridgehead atoms. The molecule has 13 heavy (non-hydrogen) atoms. The van der Waals surface area contributed by atoms with Crippen molar-refractivity contribution >= 4 is 5.78 Å². The molecule has 3 rings (SSSR count). The predicted octanol–water partition coefficient (Wildman–Crippen LogP) is 2.79. The van der Waals surface area contributed by atoms with E-state index in [1.807, 2.05) is 0 Å². The van der Waals surface area contributed by atoms with Crippen molar-refractivity contribution in [1.82, 2.24) is 0 Å². The highest BCUT2D eigenvalue weighted by Crippen LogP contribution is 2.71. The molecule has 0 aromatic heterocycles. The van der Waals surface area contributed by atoms with Crippen LogP contribution in [0.2, 0.25) is 0 Å². The maximum atomic E-state index is 12.0. The molecule has 72 valence electrons. The minimum absolute atomic E-state index is 0.0793. The third kappa shape index (κ3) is 0.628. The maximum Gasteiger partial charge on any atom is 0.139 e. The fourth-order valence-corrected chi connectivity index (χ4v) is 4.62. The standard InChI is InChI=1S/C12H18O/c1-11-6-5-10(13)12(11,2)9-4-3-8(11)7-9/h8-9H,3-7H2,1-2H3/t8?,9?,11-,12-/m1/s1. The molecule has 3 saturated carbocycles. The number of rotatable bonds is 0. The number of hydrogen-bond acceptors (Lipinski definition) is 1. The van der Waals surface area contributed by atoms with Gasteiger partial charge in [0.2, 0.25) is 0 Å². The van der Waals surface area contributed by atoms with Crippen LogP contribution in [0.15, 0.2) is 0 Å². The molecular formula is C12H18O. The van der Waals surface area contributed by atoms with Gasteiger partial charge < -0.3 is 0 Å². The van der Waals surface area contributed by atoms with Crippen molar-refractivity contribution in [3.63, 3.8) is 0 Å². The quantitative estimate of drug-likeness (QED) is 0.557. The number of carbonyl (C=O) groups is 1. The van der Waals surface area contributed by atoms with E-state index in [-0.39, 0.29) is 5.41 Å². The van der Waals surface area contributed by atoms with Crippen molar-refractivity contribution in [1.29, 1.82) is 0 Å². The van der Waals surface area contributed by atoms with Gasteiger partial charge in [0, 0.05) is 11.8 Å². The summed E-state index contributed by atoms with van der Waals surface area (Å²) in [6.07, 6.45) is 6.09. The molecule has 1 heteroatoms. The van der Waals surface area contributed by atoms with Crippen LogP contribution < -0.4 is 0 Å². The lowest BCUT2D eigenvalue weighted by atomic mass is 9.59. The van der Waals surface area contributed by atoms with E-state index in [1.165, 1.54) is 25.7 Å². The van der Waals surface area contributed by atoms with Crippen LogP contribution >= 0.6 is 0 Å². The number of fused-ring (bicyclic) bond motifs is 5. The molecule has 3 aliphatic carbocycles. The number of hydrogen-bond donors (Lipinski definition) is 0. The van der Waals surface area contributed by atoms with Crippen molar-refractivity contribution in [2.24, 2.45) is 22.7 Å². The molecule has 0 amide bonds. The van der Waals surface area contributed by atoms with Gasteiger partial charge in [-0.3, -0.25) is 4.79 Å². The Morgan fingerprint density at radius 2 is 1.92 bits per heavy atom. The first-order valence-electron chi connectivity index (χ1n) is 5.62. The molecule has 3 fully saturated rings. The molecule has 0 heterocycles. The average molecular weight is 178 g/mol. The summed E-state index contributed by atoms with van der Waals surface area (Å²) in [6.45, 7) is 4.63. The van der Waals surface area contributed by atoms with E-state index in [0.717, 1.165) is 18.3 Å². The SMILES string of the molecule is C[C@@]12C(=O)CC[C@]1(C)C1CCC2C1.